The average molecular weight is 384 g/mol. The molecule has 0 aliphatic heterocycles. The van der Waals surface area contributed by atoms with Gasteiger partial charge in [-0.2, -0.15) is 0 Å². The van der Waals surface area contributed by atoms with Gasteiger partial charge in [0.25, 0.3) is 0 Å². The Hall–Kier alpha value is -0.600. The van der Waals surface area contributed by atoms with Gasteiger partial charge in [0.2, 0.25) is 0 Å². The summed E-state index contributed by atoms with van der Waals surface area (Å²) in [7, 11) is 0. The van der Waals surface area contributed by atoms with Gasteiger partial charge in [-0.3, -0.25) is 0 Å². The van der Waals surface area contributed by atoms with Gasteiger partial charge in [-0.05, 0) is 31.2 Å². The van der Waals surface area contributed by atoms with Gasteiger partial charge in [-0.1, -0.05) is 71.1 Å². The van der Waals surface area contributed by atoms with E-state index < -0.39 is 0 Å². The standard InChI is InChI=1S/C23H42NO.ClH/c1-2-3-4-5-10-13-16-23-17-20-24(21-18-23)19-14-11-8-6-7-9-12-15-22-25;/h17-18,20-21,25H,2-16,19,22H2,1H3;1H/q+1;/p-1. The first-order chi connectivity index (χ1) is 12.4. The molecule has 0 amide bonds. The topological polar surface area (TPSA) is 24.1 Å². The second-order valence-electron chi connectivity index (χ2n) is 7.51. The Labute approximate surface area is 168 Å². The van der Waals surface area contributed by atoms with E-state index in [2.05, 4.69) is 36.0 Å². The summed E-state index contributed by atoms with van der Waals surface area (Å²) in [5.41, 5.74) is 1.50. The Kier molecular flexibility index (Phi) is 18.7. The Bertz CT molecular complexity index is 394. The molecule has 0 saturated heterocycles. The molecule has 2 nitrogen and oxygen atoms in total. The van der Waals surface area contributed by atoms with Crippen LogP contribution in [0.1, 0.15) is 102 Å². The molecule has 0 unspecified atom stereocenters. The summed E-state index contributed by atoms with van der Waals surface area (Å²) in [6, 6.07) is 4.63. The number of unbranched alkanes of at least 4 members (excludes halogenated alkanes) is 12. The van der Waals surface area contributed by atoms with Gasteiger partial charge in [0, 0.05) is 25.2 Å². The molecule has 1 rings (SSSR count). The predicted molar refractivity (Wildman–Crippen MR) is 108 cm³/mol. The molecule has 0 atom stereocenters. The van der Waals surface area contributed by atoms with Crippen LogP contribution in [0.3, 0.4) is 0 Å². The van der Waals surface area contributed by atoms with Crippen molar-refractivity contribution in [3.05, 3.63) is 30.1 Å². The van der Waals surface area contributed by atoms with Gasteiger partial charge in [-0.25, -0.2) is 4.57 Å². The third-order valence-electron chi connectivity index (χ3n) is 5.10. The molecule has 0 radical (unpaired) electrons. The molecule has 26 heavy (non-hydrogen) atoms. The number of hydrogen-bond acceptors (Lipinski definition) is 1. The van der Waals surface area contributed by atoms with Crippen LogP contribution in [0.25, 0.3) is 0 Å². The molecule has 1 aromatic rings. The van der Waals surface area contributed by atoms with Crippen molar-refractivity contribution in [2.24, 2.45) is 0 Å². The van der Waals surface area contributed by atoms with Crippen molar-refractivity contribution in [3.8, 4) is 0 Å². The number of aliphatic hydroxyl groups is 1. The van der Waals surface area contributed by atoms with E-state index in [0.717, 1.165) is 13.0 Å². The second-order valence-corrected chi connectivity index (χ2v) is 7.51. The maximum Gasteiger partial charge on any atom is 0.169 e. The highest BCUT2D eigenvalue weighted by molar-refractivity contribution is 5.07. The van der Waals surface area contributed by atoms with Crippen LogP contribution in [0.2, 0.25) is 0 Å². The summed E-state index contributed by atoms with van der Waals surface area (Å²) in [5, 5.41) is 8.74. The average Bonchev–Trinajstić information content (AvgIpc) is 2.64. The molecular formula is C23H42ClNO. The number of aryl methyl sites for hydroxylation is 2. The van der Waals surface area contributed by atoms with E-state index in [1.54, 1.807) is 0 Å². The van der Waals surface area contributed by atoms with Crippen LogP contribution in [0.5, 0.6) is 0 Å². The minimum absolute atomic E-state index is 0. The minimum Gasteiger partial charge on any atom is -1.00 e. The van der Waals surface area contributed by atoms with E-state index in [1.807, 2.05) is 0 Å². The van der Waals surface area contributed by atoms with E-state index in [0.29, 0.717) is 6.61 Å². The van der Waals surface area contributed by atoms with Crippen LogP contribution in [0, 0.1) is 0 Å². The van der Waals surface area contributed by atoms with Gasteiger partial charge in [-0.15, -0.1) is 0 Å². The molecule has 152 valence electrons. The summed E-state index contributed by atoms with van der Waals surface area (Å²) in [5.74, 6) is 0. The number of hydrogen-bond donors (Lipinski definition) is 1. The molecule has 0 bridgehead atoms. The molecule has 1 aromatic heterocycles. The lowest BCUT2D eigenvalue weighted by Crippen LogP contribution is -3.00. The lowest BCUT2D eigenvalue weighted by molar-refractivity contribution is -0.697. The quantitative estimate of drug-likeness (QED) is 0.324. The summed E-state index contributed by atoms with van der Waals surface area (Å²) >= 11 is 0. The first kappa shape index (κ1) is 25.4. The van der Waals surface area contributed by atoms with E-state index in [1.165, 1.54) is 95.5 Å². The van der Waals surface area contributed by atoms with Crippen molar-refractivity contribution in [1.29, 1.82) is 0 Å². The number of nitrogens with zero attached hydrogens (tertiary/aromatic N) is 1. The van der Waals surface area contributed by atoms with E-state index in [9.17, 15) is 0 Å². The molecule has 1 N–H and O–H groups in total. The number of rotatable bonds is 17. The third-order valence-corrected chi connectivity index (χ3v) is 5.10. The maximum atomic E-state index is 8.74. The highest BCUT2D eigenvalue weighted by atomic mass is 35.5. The molecule has 0 spiro atoms. The zero-order valence-corrected chi connectivity index (χ0v) is 17.9. The van der Waals surface area contributed by atoms with Gasteiger partial charge >= 0.3 is 0 Å². The number of pyridine rings is 1. The van der Waals surface area contributed by atoms with Gasteiger partial charge in [0.15, 0.2) is 12.4 Å². The van der Waals surface area contributed by atoms with Crippen LogP contribution in [0.15, 0.2) is 24.5 Å². The van der Waals surface area contributed by atoms with Crippen molar-refractivity contribution in [3.63, 3.8) is 0 Å². The fraction of sp³-hybridized carbons (Fsp3) is 0.783. The third kappa shape index (κ3) is 14.6. The smallest absolute Gasteiger partial charge is 0.169 e. The Morgan fingerprint density at radius 2 is 1.19 bits per heavy atom. The predicted octanol–water partition coefficient (Wildman–Crippen LogP) is 2.99. The first-order valence-corrected chi connectivity index (χ1v) is 11.0. The zero-order valence-electron chi connectivity index (χ0n) is 17.1. The van der Waals surface area contributed by atoms with Crippen molar-refractivity contribution in [1.82, 2.24) is 0 Å². The lowest BCUT2D eigenvalue weighted by Gasteiger charge is -2.03. The Morgan fingerprint density at radius 3 is 1.77 bits per heavy atom. The van der Waals surface area contributed by atoms with E-state index in [-0.39, 0.29) is 12.4 Å². The molecule has 0 aromatic carbocycles. The highest BCUT2D eigenvalue weighted by Crippen LogP contribution is 2.10. The van der Waals surface area contributed by atoms with E-state index in [4.69, 9.17) is 5.11 Å². The van der Waals surface area contributed by atoms with Crippen molar-refractivity contribution < 1.29 is 22.1 Å². The number of halogens is 1. The molecule has 1 heterocycles. The first-order valence-electron chi connectivity index (χ1n) is 11.0. The van der Waals surface area contributed by atoms with Crippen molar-refractivity contribution in [2.75, 3.05) is 6.61 Å². The summed E-state index contributed by atoms with van der Waals surface area (Å²) in [6.45, 7) is 3.79. The number of aromatic nitrogens is 1. The Balaban J connectivity index is 0.00000625. The Morgan fingerprint density at radius 1 is 0.692 bits per heavy atom. The summed E-state index contributed by atoms with van der Waals surface area (Å²) in [4.78, 5) is 0. The van der Waals surface area contributed by atoms with Crippen LogP contribution < -0.4 is 17.0 Å². The molecule has 0 aliphatic carbocycles. The number of aliphatic hydroxyl groups excluding tert-OH is 1. The van der Waals surface area contributed by atoms with Crippen LogP contribution in [-0.2, 0) is 13.0 Å². The monoisotopic (exact) mass is 383 g/mol. The van der Waals surface area contributed by atoms with Gasteiger partial charge in [0.1, 0.15) is 6.54 Å². The summed E-state index contributed by atoms with van der Waals surface area (Å²) in [6.07, 6.45) is 24.2. The SMILES string of the molecule is CCCCCCCCc1cc[n+](CCCCCCCCCCO)cc1.[Cl-]. The lowest BCUT2D eigenvalue weighted by atomic mass is 10.1. The molecule has 0 saturated carbocycles. The van der Waals surface area contributed by atoms with Crippen molar-refractivity contribution in [2.45, 2.75) is 110 Å². The normalized spacial score (nSPS) is 10.7. The van der Waals surface area contributed by atoms with Crippen molar-refractivity contribution >= 4 is 0 Å². The highest BCUT2D eigenvalue weighted by Gasteiger charge is 2.01. The van der Waals surface area contributed by atoms with Crippen LogP contribution >= 0.6 is 0 Å². The molecular weight excluding hydrogens is 342 g/mol. The van der Waals surface area contributed by atoms with Crippen LogP contribution in [-0.4, -0.2) is 11.7 Å². The largest absolute Gasteiger partial charge is 1.00 e. The minimum atomic E-state index is 0. The maximum absolute atomic E-state index is 8.74. The fourth-order valence-corrected chi connectivity index (χ4v) is 3.38. The van der Waals surface area contributed by atoms with Gasteiger partial charge in [0.05, 0.1) is 0 Å². The fourth-order valence-electron chi connectivity index (χ4n) is 3.38. The molecule has 3 heteroatoms. The summed E-state index contributed by atoms with van der Waals surface area (Å²) < 4.78 is 2.34. The van der Waals surface area contributed by atoms with E-state index >= 15 is 0 Å². The van der Waals surface area contributed by atoms with Crippen LogP contribution in [0.4, 0.5) is 0 Å². The zero-order chi connectivity index (χ0) is 18.0. The van der Waals surface area contributed by atoms with Gasteiger partial charge < -0.3 is 17.5 Å². The second kappa shape index (κ2) is 19.2. The molecule has 0 fully saturated rings. The molecule has 0 aliphatic rings.